The van der Waals surface area contributed by atoms with E-state index in [4.69, 9.17) is 0 Å². The summed E-state index contributed by atoms with van der Waals surface area (Å²) in [7, 11) is 0. The van der Waals surface area contributed by atoms with Crippen LogP contribution in [0.1, 0.15) is 15.9 Å². The van der Waals surface area contributed by atoms with Crippen LogP contribution in [0, 0.1) is 0 Å². The number of rotatable bonds is 4. The number of benzene rings is 2. The number of allylic oxidation sites excluding steroid dienone is 1. The van der Waals surface area contributed by atoms with Crippen LogP contribution in [0.3, 0.4) is 0 Å². The monoisotopic (exact) mass is 285 g/mol. The van der Waals surface area contributed by atoms with Gasteiger partial charge in [-0.25, -0.2) is 0 Å². The average Bonchev–Trinajstić information content (AvgIpc) is 2.61. The topological polar surface area (TPSA) is 30.0 Å². The predicted octanol–water partition coefficient (Wildman–Crippen LogP) is 4.64. The minimum absolute atomic E-state index is 0.0124. The van der Waals surface area contributed by atoms with Gasteiger partial charge in [0.15, 0.2) is 5.78 Å². The van der Waals surface area contributed by atoms with Crippen LogP contribution in [0.25, 0.3) is 17.2 Å². The van der Waals surface area contributed by atoms with Crippen molar-refractivity contribution in [3.8, 4) is 11.1 Å². The minimum atomic E-state index is -0.0124. The Bertz CT molecular complexity index is 792. The molecule has 2 aromatic carbocycles. The van der Waals surface area contributed by atoms with Crippen molar-refractivity contribution >= 4 is 11.9 Å². The van der Waals surface area contributed by atoms with Crippen molar-refractivity contribution in [3.05, 3.63) is 96.3 Å². The molecule has 106 valence electrons. The smallest absolute Gasteiger partial charge is 0.185 e. The fourth-order valence-corrected chi connectivity index (χ4v) is 2.23. The van der Waals surface area contributed by atoms with Gasteiger partial charge in [0.1, 0.15) is 0 Å². The van der Waals surface area contributed by atoms with E-state index in [1.807, 2.05) is 66.7 Å². The zero-order valence-corrected chi connectivity index (χ0v) is 12.0. The number of hydrogen-bond acceptors (Lipinski definition) is 2. The third kappa shape index (κ3) is 3.36. The van der Waals surface area contributed by atoms with Crippen molar-refractivity contribution in [2.45, 2.75) is 0 Å². The molecule has 3 rings (SSSR count). The summed E-state index contributed by atoms with van der Waals surface area (Å²) in [4.78, 5) is 16.3. The zero-order chi connectivity index (χ0) is 15.2. The van der Waals surface area contributed by atoms with Crippen LogP contribution in [0.5, 0.6) is 0 Å². The van der Waals surface area contributed by atoms with E-state index in [1.165, 1.54) is 0 Å². The highest BCUT2D eigenvalue weighted by molar-refractivity contribution is 6.07. The van der Waals surface area contributed by atoms with E-state index in [1.54, 1.807) is 24.5 Å². The van der Waals surface area contributed by atoms with E-state index >= 15 is 0 Å². The Labute approximate surface area is 129 Å². The van der Waals surface area contributed by atoms with E-state index in [0.29, 0.717) is 5.56 Å². The molecule has 0 bridgehead atoms. The van der Waals surface area contributed by atoms with Crippen molar-refractivity contribution in [1.29, 1.82) is 0 Å². The first-order valence-corrected chi connectivity index (χ1v) is 7.11. The normalized spacial score (nSPS) is 10.7. The molecule has 1 heterocycles. The maximum Gasteiger partial charge on any atom is 0.185 e. The summed E-state index contributed by atoms with van der Waals surface area (Å²) in [6, 6.07) is 21.5. The highest BCUT2D eigenvalue weighted by Gasteiger charge is 2.04. The van der Waals surface area contributed by atoms with Crippen LogP contribution in [0.4, 0.5) is 0 Å². The molecule has 0 spiro atoms. The molecule has 0 aliphatic carbocycles. The largest absolute Gasteiger partial charge is 0.289 e. The molecule has 3 aromatic rings. The zero-order valence-electron chi connectivity index (χ0n) is 12.0. The second-order valence-electron chi connectivity index (χ2n) is 4.93. The molecule has 2 nitrogen and oxygen atoms in total. The summed E-state index contributed by atoms with van der Waals surface area (Å²) >= 11 is 0. The molecule has 0 saturated heterocycles. The Balaban J connectivity index is 1.83. The maximum atomic E-state index is 12.3. The summed E-state index contributed by atoms with van der Waals surface area (Å²) in [5, 5.41) is 0. The Kier molecular flexibility index (Phi) is 4.21. The number of nitrogens with zero attached hydrogens (tertiary/aromatic N) is 1. The van der Waals surface area contributed by atoms with E-state index in [-0.39, 0.29) is 5.78 Å². The van der Waals surface area contributed by atoms with Crippen LogP contribution in [-0.4, -0.2) is 10.8 Å². The van der Waals surface area contributed by atoms with Gasteiger partial charge in [-0.15, -0.1) is 0 Å². The summed E-state index contributed by atoms with van der Waals surface area (Å²) in [6.07, 6.45) is 6.80. The molecule has 0 N–H and O–H groups in total. The van der Waals surface area contributed by atoms with Crippen LogP contribution in [0.15, 0.2) is 85.2 Å². The molecular formula is C20H15NO. The summed E-state index contributed by atoms with van der Waals surface area (Å²) in [5.41, 5.74) is 3.74. The predicted molar refractivity (Wildman–Crippen MR) is 89.5 cm³/mol. The molecule has 1 aromatic heterocycles. The lowest BCUT2D eigenvalue weighted by atomic mass is 10.0. The van der Waals surface area contributed by atoms with Gasteiger partial charge in [0, 0.05) is 18.0 Å². The Hall–Kier alpha value is -3.00. The first kappa shape index (κ1) is 14.0. The Morgan fingerprint density at radius 2 is 1.68 bits per heavy atom. The second kappa shape index (κ2) is 6.64. The molecule has 0 amide bonds. The number of hydrogen-bond donors (Lipinski definition) is 0. The molecule has 0 radical (unpaired) electrons. The molecule has 2 heteroatoms. The fourth-order valence-electron chi connectivity index (χ4n) is 2.23. The van der Waals surface area contributed by atoms with E-state index < -0.39 is 0 Å². The fraction of sp³-hybridized carbons (Fsp3) is 0. The SMILES string of the molecule is O=C(/C=C/c1cccnc1)c1cccc(-c2ccccc2)c1. The lowest BCUT2D eigenvalue weighted by Crippen LogP contribution is -1.94. The van der Waals surface area contributed by atoms with Crippen LogP contribution >= 0.6 is 0 Å². The van der Waals surface area contributed by atoms with Gasteiger partial charge >= 0.3 is 0 Å². The van der Waals surface area contributed by atoms with Crippen molar-refractivity contribution in [2.75, 3.05) is 0 Å². The van der Waals surface area contributed by atoms with Gasteiger partial charge in [-0.3, -0.25) is 9.78 Å². The van der Waals surface area contributed by atoms with Crippen molar-refractivity contribution < 1.29 is 4.79 Å². The van der Waals surface area contributed by atoms with E-state index in [9.17, 15) is 4.79 Å². The van der Waals surface area contributed by atoms with Crippen molar-refractivity contribution in [1.82, 2.24) is 4.98 Å². The lowest BCUT2D eigenvalue weighted by Gasteiger charge is -2.03. The van der Waals surface area contributed by atoms with Gasteiger partial charge in [-0.1, -0.05) is 54.6 Å². The van der Waals surface area contributed by atoms with Crippen LogP contribution < -0.4 is 0 Å². The summed E-state index contributed by atoms with van der Waals surface area (Å²) in [6.45, 7) is 0. The van der Waals surface area contributed by atoms with Gasteiger partial charge < -0.3 is 0 Å². The van der Waals surface area contributed by atoms with Gasteiger partial charge in [-0.2, -0.15) is 0 Å². The molecule has 0 fully saturated rings. The van der Waals surface area contributed by atoms with E-state index in [0.717, 1.165) is 16.7 Å². The van der Waals surface area contributed by atoms with E-state index in [2.05, 4.69) is 4.98 Å². The third-order valence-electron chi connectivity index (χ3n) is 3.37. The van der Waals surface area contributed by atoms with Crippen molar-refractivity contribution in [3.63, 3.8) is 0 Å². The molecular weight excluding hydrogens is 270 g/mol. The number of pyridine rings is 1. The molecule has 0 saturated carbocycles. The first-order chi connectivity index (χ1) is 10.8. The average molecular weight is 285 g/mol. The molecule has 0 atom stereocenters. The Morgan fingerprint density at radius 1 is 0.864 bits per heavy atom. The van der Waals surface area contributed by atoms with Gasteiger partial charge in [-0.05, 0) is 41.0 Å². The molecule has 0 aliphatic rings. The second-order valence-corrected chi connectivity index (χ2v) is 4.93. The van der Waals surface area contributed by atoms with Crippen LogP contribution in [0.2, 0.25) is 0 Å². The third-order valence-corrected chi connectivity index (χ3v) is 3.37. The standard InChI is InChI=1S/C20H15NO/c22-20(12-11-16-6-5-13-21-15-16)19-10-4-9-18(14-19)17-7-2-1-3-8-17/h1-15H/b12-11+. The number of carbonyl (C=O) groups is 1. The Morgan fingerprint density at radius 3 is 2.45 bits per heavy atom. The summed E-state index contributed by atoms with van der Waals surface area (Å²) < 4.78 is 0. The quantitative estimate of drug-likeness (QED) is 0.516. The first-order valence-electron chi connectivity index (χ1n) is 7.11. The van der Waals surface area contributed by atoms with Gasteiger partial charge in [0.2, 0.25) is 0 Å². The van der Waals surface area contributed by atoms with Crippen molar-refractivity contribution in [2.24, 2.45) is 0 Å². The molecule has 0 unspecified atom stereocenters. The number of carbonyl (C=O) groups excluding carboxylic acids is 1. The highest BCUT2D eigenvalue weighted by Crippen LogP contribution is 2.20. The minimum Gasteiger partial charge on any atom is -0.289 e. The van der Waals surface area contributed by atoms with Gasteiger partial charge in [0.25, 0.3) is 0 Å². The molecule has 0 aliphatic heterocycles. The van der Waals surface area contributed by atoms with Crippen LogP contribution in [-0.2, 0) is 0 Å². The lowest BCUT2D eigenvalue weighted by molar-refractivity contribution is 0.104. The summed E-state index contributed by atoms with van der Waals surface area (Å²) in [5.74, 6) is -0.0124. The number of aromatic nitrogens is 1. The highest BCUT2D eigenvalue weighted by atomic mass is 16.1. The molecule has 22 heavy (non-hydrogen) atoms. The van der Waals surface area contributed by atoms with Gasteiger partial charge in [0.05, 0.1) is 0 Å². The maximum absolute atomic E-state index is 12.3. The number of ketones is 1.